The molecule has 0 aliphatic carbocycles. The summed E-state index contributed by atoms with van der Waals surface area (Å²) in [6.07, 6.45) is 3.42. The molecule has 6 nitrogen and oxygen atoms in total. The smallest absolute Gasteiger partial charge is 0.326 e. The summed E-state index contributed by atoms with van der Waals surface area (Å²) < 4.78 is 1.87. The Hall–Kier alpha value is -3.07. The number of anilines is 1. The van der Waals surface area contributed by atoms with Crippen molar-refractivity contribution in [1.82, 2.24) is 14.5 Å². The average Bonchev–Trinajstić information content (AvgIpc) is 2.97. The van der Waals surface area contributed by atoms with Crippen LogP contribution in [-0.4, -0.2) is 27.6 Å². The van der Waals surface area contributed by atoms with Crippen molar-refractivity contribution in [2.75, 3.05) is 18.0 Å². The molecule has 1 fully saturated rings. The highest BCUT2D eigenvalue weighted by Gasteiger charge is 2.25. The Morgan fingerprint density at radius 1 is 1.17 bits per heavy atom. The number of piperidine rings is 1. The maximum atomic E-state index is 12.3. The molecule has 0 atom stereocenters. The lowest BCUT2D eigenvalue weighted by atomic mass is 10.0. The zero-order chi connectivity index (χ0) is 16.5. The van der Waals surface area contributed by atoms with Gasteiger partial charge in [-0.1, -0.05) is 12.1 Å². The molecule has 1 aliphatic rings. The van der Waals surface area contributed by atoms with Crippen LogP contribution in [0.2, 0.25) is 0 Å². The van der Waals surface area contributed by atoms with Gasteiger partial charge in [-0.25, -0.2) is 9.78 Å². The molecule has 1 aliphatic heterocycles. The van der Waals surface area contributed by atoms with Crippen molar-refractivity contribution in [2.24, 2.45) is 0 Å². The molecule has 120 valence electrons. The number of nitriles is 1. The number of benzene rings is 1. The van der Waals surface area contributed by atoms with Gasteiger partial charge in [0.15, 0.2) is 0 Å². The second kappa shape index (κ2) is 5.85. The Morgan fingerprint density at radius 3 is 2.75 bits per heavy atom. The van der Waals surface area contributed by atoms with E-state index in [9.17, 15) is 10.1 Å². The van der Waals surface area contributed by atoms with Crippen LogP contribution >= 0.6 is 0 Å². The summed E-state index contributed by atoms with van der Waals surface area (Å²) in [5.74, 6) is 0.740. The highest BCUT2D eigenvalue weighted by molar-refractivity contribution is 5.75. The van der Waals surface area contributed by atoms with Crippen molar-refractivity contribution in [3.63, 3.8) is 0 Å². The predicted molar refractivity (Wildman–Crippen MR) is 92.0 cm³/mol. The van der Waals surface area contributed by atoms with E-state index in [1.165, 1.54) is 0 Å². The minimum Gasteiger partial charge on any atom is -0.355 e. The molecule has 2 aromatic heterocycles. The normalized spacial score (nSPS) is 15.5. The van der Waals surface area contributed by atoms with E-state index in [4.69, 9.17) is 0 Å². The number of pyridine rings is 1. The van der Waals surface area contributed by atoms with Gasteiger partial charge in [-0.05, 0) is 37.1 Å². The van der Waals surface area contributed by atoms with Gasteiger partial charge in [0.2, 0.25) is 0 Å². The molecule has 0 bridgehead atoms. The molecule has 0 saturated carbocycles. The Balaban J connectivity index is 1.59. The van der Waals surface area contributed by atoms with Crippen LogP contribution in [0, 0.1) is 11.3 Å². The van der Waals surface area contributed by atoms with Crippen molar-refractivity contribution < 1.29 is 0 Å². The van der Waals surface area contributed by atoms with Gasteiger partial charge in [0.1, 0.15) is 11.9 Å². The SMILES string of the molecule is N#Cc1cccnc1N1CCC(n2c(=O)[nH]c3ccccc32)CC1. The van der Waals surface area contributed by atoms with Crippen LogP contribution in [0.25, 0.3) is 11.0 Å². The van der Waals surface area contributed by atoms with Gasteiger partial charge in [0, 0.05) is 25.3 Å². The van der Waals surface area contributed by atoms with E-state index < -0.39 is 0 Å². The van der Waals surface area contributed by atoms with Crippen molar-refractivity contribution >= 4 is 16.9 Å². The van der Waals surface area contributed by atoms with E-state index in [1.807, 2.05) is 28.8 Å². The summed E-state index contributed by atoms with van der Waals surface area (Å²) >= 11 is 0. The van der Waals surface area contributed by atoms with E-state index in [0.717, 1.165) is 42.8 Å². The van der Waals surface area contributed by atoms with Crippen molar-refractivity contribution in [1.29, 1.82) is 5.26 Å². The number of para-hydroxylation sites is 2. The van der Waals surface area contributed by atoms with E-state index in [2.05, 4.69) is 20.9 Å². The highest BCUT2D eigenvalue weighted by atomic mass is 16.1. The summed E-state index contributed by atoms with van der Waals surface area (Å²) in [6.45, 7) is 1.56. The van der Waals surface area contributed by atoms with Gasteiger partial charge in [-0.2, -0.15) is 5.26 Å². The second-order valence-electron chi connectivity index (χ2n) is 6.02. The minimum atomic E-state index is -0.0507. The van der Waals surface area contributed by atoms with Gasteiger partial charge in [0.25, 0.3) is 0 Å². The fourth-order valence-corrected chi connectivity index (χ4v) is 3.51. The molecular weight excluding hydrogens is 302 g/mol. The van der Waals surface area contributed by atoms with E-state index in [1.54, 1.807) is 18.3 Å². The van der Waals surface area contributed by atoms with Gasteiger partial charge >= 0.3 is 5.69 Å². The van der Waals surface area contributed by atoms with E-state index in [0.29, 0.717) is 5.56 Å². The molecule has 24 heavy (non-hydrogen) atoms. The van der Waals surface area contributed by atoms with E-state index >= 15 is 0 Å². The fourth-order valence-electron chi connectivity index (χ4n) is 3.51. The number of aromatic amines is 1. The molecule has 1 N–H and O–H groups in total. The number of nitrogens with one attached hydrogen (secondary N) is 1. The largest absolute Gasteiger partial charge is 0.355 e. The van der Waals surface area contributed by atoms with Crippen molar-refractivity contribution in [2.45, 2.75) is 18.9 Å². The van der Waals surface area contributed by atoms with Crippen molar-refractivity contribution in [3.8, 4) is 6.07 Å². The number of imidazole rings is 1. The maximum Gasteiger partial charge on any atom is 0.326 e. The molecule has 0 amide bonds. The summed E-state index contributed by atoms with van der Waals surface area (Å²) in [7, 11) is 0. The molecule has 0 radical (unpaired) electrons. The van der Waals surface area contributed by atoms with Crippen LogP contribution in [-0.2, 0) is 0 Å². The first kappa shape index (κ1) is 14.5. The maximum absolute atomic E-state index is 12.3. The molecule has 6 heteroatoms. The Kier molecular flexibility index (Phi) is 3.54. The number of hydrogen-bond acceptors (Lipinski definition) is 4. The summed E-state index contributed by atoms with van der Waals surface area (Å²) in [6, 6.07) is 13.7. The summed E-state index contributed by atoms with van der Waals surface area (Å²) in [5.41, 5.74) is 2.38. The first-order valence-corrected chi connectivity index (χ1v) is 8.07. The Labute approximate surface area is 139 Å². The standard InChI is InChI=1S/C18H17N5O/c19-12-13-4-3-9-20-17(13)22-10-7-14(8-11-22)23-16-6-2-1-5-15(16)21-18(23)24/h1-6,9,14H,7-8,10-11H2,(H,21,24). The number of fused-ring (bicyclic) bond motifs is 1. The van der Waals surface area contributed by atoms with Crippen LogP contribution < -0.4 is 10.6 Å². The van der Waals surface area contributed by atoms with Crippen LogP contribution in [0.15, 0.2) is 47.4 Å². The quantitative estimate of drug-likeness (QED) is 0.787. The number of H-pyrrole nitrogens is 1. The fraction of sp³-hybridized carbons (Fsp3) is 0.278. The Morgan fingerprint density at radius 2 is 1.96 bits per heavy atom. The number of aromatic nitrogens is 3. The number of hydrogen-bond donors (Lipinski definition) is 1. The lowest BCUT2D eigenvalue weighted by Crippen LogP contribution is -2.37. The molecule has 4 rings (SSSR count). The molecule has 0 unspecified atom stereocenters. The molecule has 3 aromatic rings. The third kappa shape index (κ3) is 2.35. The second-order valence-corrected chi connectivity index (χ2v) is 6.02. The summed E-state index contributed by atoms with van der Waals surface area (Å²) in [4.78, 5) is 21.7. The zero-order valence-electron chi connectivity index (χ0n) is 13.1. The lowest BCUT2D eigenvalue weighted by Gasteiger charge is -2.33. The monoisotopic (exact) mass is 319 g/mol. The van der Waals surface area contributed by atoms with Gasteiger partial charge in [-0.3, -0.25) is 4.57 Å². The zero-order valence-corrected chi connectivity index (χ0v) is 13.1. The van der Waals surface area contributed by atoms with Crippen LogP contribution in [0.1, 0.15) is 24.4 Å². The van der Waals surface area contributed by atoms with Gasteiger partial charge in [-0.15, -0.1) is 0 Å². The van der Waals surface area contributed by atoms with Crippen molar-refractivity contribution in [3.05, 3.63) is 58.6 Å². The predicted octanol–water partition coefficient (Wildman–Crippen LogP) is 2.44. The highest BCUT2D eigenvalue weighted by Crippen LogP contribution is 2.28. The third-order valence-corrected chi connectivity index (χ3v) is 4.66. The lowest BCUT2D eigenvalue weighted by molar-refractivity contribution is 0.395. The Bertz CT molecular complexity index is 973. The van der Waals surface area contributed by atoms with Gasteiger partial charge < -0.3 is 9.88 Å². The van der Waals surface area contributed by atoms with Gasteiger partial charge in [0.05, 0.1) is 16.6 Å². The number of nitrogens with zero attached hydrogens (tertiary/aromatic N) is 4. The van der Waals surface area contributed by atoms with E-state index in [-0.39, 0.29) is 11.7 Å². The molecule has 3 heterocycles. The molecule has 0 spiro atoms. The topological polar surface area (TPSA) is 77.7 Å². The van der Waals surface area contributed by atoms with Crippen LogP contribution in [0.3, 0.4) is 0 Å². The van der Waals surface area contributed by atoms with Crippen LogP contribution in [0.4, 0.5) is 5.82 Å². The molecular formula is C18H17N5O. The molecule has 1 aromatic carbocycles. The minimum absolute atomic E-state index is 0.0507. The van der Waals surface area contributed by atoms with Crippen LogP contribution in [0.5, 0.6) is 0 Å². The molecule has 1 saturated heterocycles. The first-order valence-electron chi connectivity index (χ1n) is 8.07. The first-order chi connectivity index (χ1) is 11.8. The summed E-state index contributed by atoms with van der Waals surface area (Å²) in [5, 5.41) is 9.24. The third-order valence-electron chi connectivity index (χ3n) is 4.66. The average molecular weight is 319 g/mol. The number of rotatable bonds is 2.